The molecule has 5 aromatic carbocycles. The normalized spacial score (nSPS) is 13.0. The van der Waals surface area contributed by atoms with Crippen molar-refractivity contribution >= 4 is 37.1 Å². The van der Waals surface area contributed by atoms with Gasteiger partial charge in [-0.2, -0.15) is 0 Å². The molecule has 3 heteroatoms. The topological polar surface area (TPSA) is 26.0 Å². The lowest BCUT2D eigenvalue weighted by Crippen LogP contribution is -2.45. The van der Waals surface area contributed by atoms with Crippen molar-refractivity contribution in [2.45, 2.75) is 5.28 Å². The Morgan fingerprint density at radius 3 is 1.11 bits per heavy atom. The van der Waals surface area contributed by atoms with Gasteiger partial charge in [0.15, 0.2) is 0 Å². The quantitative estimate of drug-likeness (QED) is 0.263. The molecule has 0 fully saturated rings. The maximum absolute atomic E-state index is 7.75. The largest absolute Gasteiger partial charge is 0.317 e. The van der Waals surface area contributed by atoms with Crippen molar-refractivity contribution in [2.75, 3.05) is 6.16 Å². The van der Waals surface area contributed by atoms with Crippen LogP contribution in [0.4, 0.5) is 0 Å². The fourth-order valence-electron chi connectivity index (χ4n) is 4.57. The summed E-state index contributed by atoms with van der Waals surface area (Å²) in [7, 11) is -1.58. The second-order valence-corrected chi connectivity index (χ2v) is 13.3. The van der Waals surface area contributed by atoms with E-state index in [0.717, 1.165) is 6.16 Å². The summed E-state index contributed by atoms with van der Waals surface area (Å²) >= 11 is 0. The van der Waals surface area contributed by atoms with Crippen molar-refractivity contribution in [3.05, 3.63) is 157 Å². The Balaban J connectivity index is 1.72. The second kappa shape index (κ2) is 11.1. The summed E-state index contributed by atoms with van der Waals surface area (Å²) in [5.41, 5.74) is 8.94. The van der Waals surface area contributed by atoms with Gasteiger partial charge in [0.1, 0.15) is 0 Å². The fraction of sp³-hybridized carbons (Fsp3) is 0.0625. The Bertz CT molecular complexity index is 1230. The lowest BCUT2D eigenvalue weighted by molar-refractivity contribution is 0.737. The molecule has 0 heterocycles. The van der Waals surface area contributed by atoms with Gasteiger partial charge in [-0.25, -0.2) is 0 Å². The molecule has 0 aliphatic rings. The third kappa shape index (κ3) is 5.29. The minimum atomic E-state index is -0.892. The molecule has 0 aliphatic carbocycles. The van der Waals surface area contributed by atoms with Gasteiger partial charge in [0, 0.05) is 6.16 Å². The molecular weight excluding hydrogens is 460 g/mol. The van der Waals surface area contributed by atoms with Crippen LogP contribution in [-0.4, -0.2) is 6.16 Å². The van der Waals surface area contributed by atoms with Crippen molar-refractivity contribution in [1.82, 2.24) is 0 Å². The van der Waals surface area contributed by atoms with E-state index in [1.807, 2.05) is 0 Å². The average Bonchev–Trinajstić information content (AvgIpc) is 2.94. The molecule has 0 spiro atoms. The van der Waals surface area contributed by atoms with E-state index in [0.29, 0.717) is 0 Å². The van der Waals surface area contributed by atoms with Crippen molar-refractivity contribution in [2.24, 2.45) is 5.73 Å². The van der Waals surface area contributed by atoms with Crippen molar-refractivity contribution in [3.63, 3.8) is 0 Å². The highest BCUT2D eigenvalue weighted by molar-refractivity contribution is 7.77. The highest BCUT2D eigenvalue weighted by atomic mass is 31.1. The van der Waals surface area contributed by atoms with Crippen LogP contribution in [0.5, 0.6) is 0 Å². The molecule has 2 N–H and O–H groups in total. The smallest absolute Gasteiger partial charge is 0.0738 e. The first kappa shape index (κ1) is 23.7. The fourth-order valence-corrected chi connectivity index (χ4v) is 10.5. The highest BCUT2D eigenvalue weighted by Gasteiger charge is 2.41. The van der Waals surface area contributed by atoms with Gasteiger partial charge in [-0.1, -0.05) is 152 Å². The third-order valence-corrected chi connectivity index (χ3v) is 12.0. The van der Waals surface area contributed by atoms with Crippen molar-refractivity contribution < 1.29 is 0 Å². The van der Waals surface area contributed by atoms with Crippen LogP contribution in [0.1, 0.15) is 5.56 Å². The van der Waals surface area contributed by atoms with Gasteiger partial charge >= 0.3 is 0 Å². The standard InChI is InChI=1S/C32H29NP2/c33-32(27-16-6-1-7-17-27,35(30-22-12-4-13-23-30)31-24-14-5-15-25-31)26-34(28-18-8-2-9-19-28)29-20-10-3-11-21-29/h1-25H,26,33H2. The molecular formula is C32H29NP2. The molecule has 0 aromatic heterocycles. The molecule has 0 aliphatic heterocycles. The van der Waals surface area contributed by atoms with Crippen LogP contribution >= 0.6 is 15.8 Å². The van der Waals surface area contributed by atoms with Crippen molar-refractivity contribution in [1.29, 1.82) is 0 Å². The molecule has 5 rings (SSSR count). The summed E-state index contributed by atoms with van der Waals surface area (Å²) in [4.78, 5) is 0. The average molecular weight is 490 g/mol. The van der Waals surface area contributed by atoms with E-state index < -0.39 is 21.1 Å². The SMILES string of the molecule is NC(CP(c1ccccc1)c1ccccc1)(c1ccccc1)P(c1ccccc1)c1ccccc1. The van der Waals surface area contributed by atoms with Crippen LogP contribution in [0.25, 0.3) is 0 Å². The zero-order valence-corrected chi connectivity index (χ0v) is 21.4. The molecule has 0 saturated carbocycles. The lowest BCUT2D eigenvalue weighted by atomic mass is 10.1. The predicted octanol–water partition coefficient (Wildman–Crippen LogP) is 6.06. The third-order valence-electron chi connectivity index (χ3n) is 6.24. The minimum absolute atomic E-state index is 0.559. The van der Waals surface area contributed by atoms with Gasteiger partial charge in [0.25, 0.3) is 0 Å². The van der Waals surface area contributed by atoms with Crippen LogP contribution in [0.15, 0.2) is 152 Å². The number of benzene rings is 5. The first-order valence-electron chi connectivity index (χ1n) is 11.9. The zero-order valence-electron chi connectivity index (χ0n) is 19.6. The Hall–Kier alpha value is -3.08. The van der Waals surface area contributed by atoms with Gasteiger partial charge in [-0.05, 0) is 42.6 Å². The van der Waals surface area contributed by atoms with Gasteiger partial charge in [0.2, 0.25) is 0 Å². The first-order valence-corrected chi connectivity index (χ1v) is 14.7. The highest BCUT2D eigenvalue weighted by Crippen LogP contribution is 2.56. The van der Waals surface area contributed by atoms with E-state index in [1.165, 1.54) is 26.8 Å². The van der Waals surface area contributed by atoms with Crippen LogP contribution in [0, 0.1) is 0 Å². The zero-order chi connectivity index (χ0) is 23.9. The van der Waals surface area contributed by atoms with Gasteiger partial charge in [-0.3, -0.25) is 0 Å². The summed E-state index contributed by atoms with van der Waals surface area (Å²) in [5, 5.41) is 4.76. The summed E-state index contributed by atoms with van der Waals surface area (Å²) < 4.78 is 0. The lowest BCUT2D eigenvalue weighted by Gasteiger charge is -2.41. The summed E-state index contributed by atoms with van der Waals surface area (Å²) in [5.74, 6) is 0. The molecule has 1 unspecified atom stereocenters. The summed E-state index contributed by atoms with van der Waals surface area (Å²) in [6.45, 7) is 0. The minimum Gasteiger partial charge on any atom is -0.317 e. The molecule has 35 heavy (non-hydrogen) atoms. The maximum Gasteiger partial charge on any atom is 0.0738 e. The van der Waals surface area contributed by atoms with E-state index in [4.69, 9.17) is 5.73 Å². The Morgan fingerprint density at radius 1 is 0.429 bits per heavy atom. The maximum atomic E-state index is 7.75. The van der Waals surface area contributed by atoms with Crippen LogP contribution in [0.3, 0.4) is 0 Å². The molecule has 0 bridgehead atoms. The van der Waals surface area contributed by atoms with E-state index >= 15 is 0 Å². The van der Waals surface area contributed by atoms with Crippen LogP contribution < -0.4 is 27.0 Å². The van der Waals surface area contributed by atoms with Crippen LogP contribution in [0.2, 0.25) is 0 Å². The van der Waals surface area contributed by atoms with E-state index in [1.54, 1.807) is 0 Å². The van der Waals surface area contributed by atoms with E-state index in [-0.39, 0.29) is 0 Å². The number of rotatable bonds is 8. The number of nitrogens with two attached hydrogens (primary N) is 1. The molecule has 5 aromatic rings. The molecule has 172 valence electrons. The molecule has 1 atom stereocenters. The first-order chi connectivity index (χ1) is 17.3. The monoisotopic (exact) mass is 489 g/mol. The van der Waals surface area contributed by atoms with Crippen LogP contribution in [-0.2, 0) is 5.28 Å². The summed E-state index contributed by atoms with van der Waals surface area (Å²) in [6.07, 6.45) is 0.857. The number of hydrogen-bond acceptors (Lipinski definition) is 1. The Morgan fingerprint density at radius 2 is 0.743 bits per heavy atom. The number of hydrogen-bond donors (Lipinski definition) is 1. The predicted molar refractivity (Wildman–Crippen MR) is 155 cm³/mol. The second-order valence-electron chi connectivity index (χ2n) is 8.55. The summed E-state index contributed by atoms with van der Waals surface area (Å²) in [6, 6.07) is 54.3. The molecule has 1 nitrogen and oxygen atoms in total. The molecule has 0 amide bonds. The van der Waals surface area contributed by atoms with Crippen molar-refractivity contribution in [3.8, 4) is 0 Å². The molecule has 0 saturated heterocycles. The Labute approximate surface area is 211 Å². The van der Waals surface area contributed by atoms with Gasteiger partial charge in [-0.15, -0.1) is 0 Å². The van der Waals surface area contributed by atoms with E-state index in [9.17, 15) is 0 Å². The Kier molecular flexibility index (Phi) is 7.51. The molecule has 0 radical (unpaired) electrons. The van der Waals surface area contributed by atoms with Gasteiger partial charge in [0.05, 0.1) is 5.28 Å². The van der Waals surface area contributed by atoms with Gasteiger partial charge < -0.3 is 5.73 Å². The van der Waals surface area contributed by atoms with E-state index in [2.05, 4.69) is 152 Å².